The highest BCUT2D eigenvalue weighted by atomic mass is 16.5. The minimum absolute atomic E-state index is 0.0628. The van der Waals surface area contributed by atoms with Crippen LogP contribution in [0.4, 0.5) is 0 Å². The Morgan fingerprint density at radius 2 is 2.26 bits per heavy atom. The summed E-state index contributed by atoms with van der Waals surface area (Å²) in [4.78, 5) is 31.6. The Morgan fingerprint density at radius 3 is 3.04 bits per heavy atom. The van der Waals surface area contributed by atoms with E-state index in [4.69, 9.17) is 4.52 Å². The molecule has 8 heteroatoms. The van der Waals surface area contributed by atoms with Gasteiger partial charge in [-0.3, -0.25) is 14.7 Å². The van der Waals surface area contributed by atoms with E-state index in [1.54, 1.807) is 18.3 Å². The minimum Gasteiger partial charge on any atom is -0.361 e. The van der Waals surface area contributed by atoms with Gasteiger partial charge in [-0.25, -0.2) is 9.50 Å². The van der Waals surface area contributed by atoms with E-state index >= 15 is 0 Å². The van der Waals surface area contributed by atoms with Crippen molar-refractivity contribution in [2.24, 2.45) is 0 Å². The molecule has 0 aromatic carbocycles. The summed E-state index contributed by atoms with van der Waals surface area (Å²) < 4.78 is 6.54. The molecule has 0 aliphatic carbocycles. The van der Waals surface area contributed by atoms with Crippen LogP contribution < -0.4 is 5.56 Å². The fourth-order valence-electron chi connectivity index (χ4n) is 3.71. The third-order valence-electron chi connectivity index (χ3n) is 5.14. The van der Waals surface area contributed by atoms with Gasteiger partial charge in [0.25, 0.3) is 5.56 Å². The van der Waals surface area contributed by atoms with Crippen LogP contribution in [0.15, 0.2) is 33.7 Å². The van der Waals surface area contributed by atoms with Gasteiger partial charge < -0.3 is 9.42 Å². The number of aryl methyl sites for hydroxylation is 2. The van der Waals surface area contributed by atoms with Crippen LogP contribution in [-0.2, 0) is 17.6 Å². The maximum atomic E-state index is 12.8. The second-order valence-corrected chi connectivity index (χ2v) is 6.92. The Kier molecular flexibility index (Phi) is 4.79. The summed E-state index contributed by atoms with van der Waals surface area (Å²) in [5.41, 5.74) is 2.12. The maximum absolute atomic E-state index is 12.8. The highest BCUT2D eigenvalue weighted by Crippen LogP contribution is 2.31. The Hall–Kier alpha value is -2.90. The first-order chi connectivity index (χ1) is 13.2. The number of aromatic amines is 1. The smallest absolute Gasteiger partial charge is 0.272 e. The number of fused-ring (bicyclic) bond motifs is 1. The molecule has 1 amide bonds. The van der Waals surface area contributed by atoms with Gasteiger partial charge in [-0.05, 0) is 25.7 Å². The summed E-state index contributed by atoms with van der Waals surface area (Å²) in [6.07, 6.45) is 6.12. The number of H-pyrrole nitrogens is 1. The number of aromatic nitrogens is 4. The van der Waals surface area contributed by atoms with Gasteiger partial charge in [-0.15, -0.1) is 0 Å². The molecule has 4 rings (SSSR count). The average molecular weight is 369 g/mol. The van der Waals surface area contributed by atoms with Gasteiger partial charge in [0.2, 0.25) is 5.91 Å². The number of nitrogens with one attached hydrogen (secondary N) is 1. The molecular weight excluding hydrogens is 346 g/mol. The number of amides is 1. The van der Waals surface area contributed by atoms with Crippen LogP contribution in [0.3, 0.4) is 0 Å². The van der Waals surface area contributed by atoms with Crippen molar-refractivity contribution < 1.29 is 9.32 Å². The topological polar surface area (TPSA) is 96.5 Å². The van der Waals surface area contributed by atoms with Crippen LogP contribution in [-0.4, -0.2) is 37.1 Å². The van der Waals surface area contributed by atoms with Gasteiger partial charge in [-0.1, -0.05) is 12.1 Å². The number of hydrogen-bond donors (Lipinski definition) is 1. The molecule has 1 aliphatic rings. The van der Waals surface area contributed by atoms with Crippen LogP contribution >= 0.6 is 0 Å². The Labute approximate surface area is 156 Å². The Bertz CT molecular complexity index is 989. The average Bonchev–Trinajstić information content (AvgIpc) is 3.35. The van der Waals surface area contributed by atoms with E-state index in [2.05, 4.69) is 15.2 Å². The van der Waals surface area contributed by atoms with E-state index in [0.717, 1.165) is 37.2 Å². The third-order valence-corrected chi connectivity index (χ3v) is 5.14. The quantitative estimate of drug-likeness (QED) is 0.744. The second kappa shape index (κ2) is 7.38. The zero-order chi connectivity index (χ0) is 18.8. The van der Waals surface area contributed by atoms with E-state index < -0.39 is 0 Å². The number of rotatable bonds is 5. The molecular formula is C19H23N5O3. The first-order valence-electron chi connectivity index (χ1n) is 9.46. The number of carbonyl (C=O) groups is 1. The van der Waals surface area contributed by atoms with Crippen molar-refractivity contribution in [1.29, 1.82) is 0 Å². The number of carbonyl (C=O) groups excluding carboxylic acids is 1. The molecule has 8 nitrogen and oxygen atoms in total. The fraction of sp³-hybridized carbons (Fsp3) is 0.474. The van der Waals surface area contributed by atoms with Gasteiger partial charge in [0.15, 0.2) is 5.65 Å². The van der Waals surface area contributed by atoms with E-state index in [1.165, 1.54) is 4.52 Å². The normalized spacial score (nSPS) is 17.5. The number of piperidine rings is 1. The lowest BCUT2D eigenvalue weighted by atomic mass is 9.98. The zero-order valence-electron chi connectivity index (χ0n) is 15.4. The van der Waals surface area contributed by atoms with Crippen molar-refractivity contribution in [3.8, 4) is 0 Å². The van der Waals surface area contributed by atoms with E-state index in [0.29, 0.717) is 30.7 Å². The van der Waals surface area contributed by atoms with Gasteiger partial charge in [0.1, 0.15) is 5.76 Å². The summed E-state index contributed by atoms with van der Waals surface area (Å²) >= 11 is 0. The van der Waals surface area contributed by atoms with Crippen LogP contribution in [0.5, 0.6) is 0 Å². The predicted molar refractivity (Wildman–Crippen MR) is 98.3 cm³/mol. The van der Waals surface area contributed by atoms with Crippen molar-refractivity contribution in [2.75, 3.05) is 6.54 Å². The van der Waals surface area contributed by atoms with Crippen LogP contribution in [0.2, 0.25) is 0 Å². The van der Waals surface area contributed by atoms with Crippen molar-refractivity contribution in [2.45, 2.75) is 51.5 Å². The van der Waals surface area contributed by atoms with E-state index in [1.807, 2.05) is 17.9 Å². The molecule has 0 spiro atoms. The molecule has 3 aromatic rings. The summed E-state index contributed by atoms with van der Waals surface area (Å²) in [6.45, 7) is 2.69. The number of hydrogen-bond acceptors (Lipinski definition) is 5. The van der Waals surface area contributed by atoms with Gasteiger partial charge in [0, 0.05) is 43.3 Å². The van der Waals surface area contributed by atoms with Crippen LogP contribution in [0.1, 0.15) is 55.8 Å². The Balaban J connectivity index is 1.58. The molecule has 3 aromatic heterocycles. The fourth-order valence-corrected chi connectivity index (χ4v) is 3.71. The third kappa shape index (κ3) is 3.51. The molecule has 27 heavy (non-hydrogen) atoms. The molecule has 1 atom stereocenters. The molecule has 142 valence electrons. The lowest BCUT2D eigenvalue weighted by Gasteiger charge is -2.35. The first-order valence-corrected chi connectivity index (χ1v) is 9.46. The standard InChI is InChI=1S/C19H23N5O3/c1-2-13-11-19(26)24-17(21-13)12-15(22-24)16-5-3-4-10-23(16)18(25)7-6-14-8-9-20-27-14/h8-9,11-12,16,22H,2-7,10H2,1H3/t16-/m0/s1. The van der Waals surface area contributed by atoms with Crippen molar-refractivity contribution in [3.05, 3.63) is 51.9 Å². The molecule has 1 aliphatic heterocycles. The molecule has 1 N–H and O–H groups in total. The second-order valence-electron chi connectivity index (χ2n) is 6.92. The lowest BCUT2D eigenvalue weighted by molar-refractivity contribution is -0.135. The lowest BCUT2D eigenvalue weighted by Crippen LogP contribution is -2.38. The minimum atomic E-state index is -0.123. The monoisotopic (exact) mass is 369 g/mol. The highest BCUT2D eigenvalue weighted by molar-refractivity contribution is 5.77. The summed E-state index contributed by atoms with van der Waals surface area (Å²) in [7, 11) is 0. The largest absolute Gasteiger partial charge is 0.361 e. The molecule has 0 radical (unpaired) electrons. The Morgan fingerprint density at radius 1 is 1.37 bits per heavy atom. The van der Waals surface area contributed by atoms with Gasteiger partial charge in [-0.2, -0.15) is 0 Å². The van der Waals surface area contributed by atoms with Gasteiger partial charge >= 0.3 is 0 Å². The van der Waals surface area contributed by atoms with Gasteiger partial charge in [0.05, 0.1) is 17.9 Å². The molecule has 0 bridgehead atoms. The van der Waals surface area contributed by atoms with Crippen molar-refractivity contribution in [1.82, 2.24) is 24.7 Å². The molecule has 1 saturated heterocycles. The van der Waals surface area contributed by atoms with Crippen molar-refractivity contribution in [3.63, 3.8) is 0 Å². The molecule has 4 heterocycles. The van der Waals surface area contributed by atoms with E-state index in [9.17, 15) is 9.59 Å². The van der Waals surface area contributed by atoms with E-state index in [-0.39, 0.29) is 17.5 Å². The first kappa shape index (κ1) is 17.5. The number of likely N-dealkylation sites (tertiary alicyclic amines) is 1. The maximum Gasteiger partial charge on any atom is 0.272 e. The molecule has 0 unspecified atom stereocenters. The zero-order valence-corrected chi connectivity index (χ0v) is 15.4. The molecule has 1 fully saturated rings. The molecule has 0 saturated carbocycles. The SMILES string of the molecule is CCc1cc(=O)n2[nH]c([C@@H]3CCCCN3C(=O)CCc3ccno3)cc2n1. The number of nitrogens with zero attached hydrogens (tertiary/aromatic N) is 4. The van der Waals surface area contributed by atoms with Crippen molar-refractivity contribution >= 4 is 11.6 Å². The summed E-state index contributed by atoms with van der Waals surface area (Å²) in [5, 5.41) is 6.84. The summed E-state index contributed by atoms with van der Waals surface area (Å²) in [5.74, 6) is 0.801. The van der Waals surface area contributed by atoms with Crippen LogP contribution in [0, 0.1) is 0 Å². The highest BCUT2D eigenvalue weighted by Gasteiger charge is 2.29. The predicted octanol–water partition coefficient (Wildman–Crippen LogP) is 2.26. The summed E-state index contributed by atoms with van der Waals surface area (Å²) in [6, 6.07) is 5.16. The van der Waals surface area contributed by atoms with Crippen LogP contribution in [0.25, 0.3) is 5.65 Å².